The molecule has 0 spiro atoms. The highest BCUT2D eigenvalue weighted by atomic mass is 35.5. The minimum Gasteiger partial charge on any atom is -0.379 e. The van der Waals surface area contributed by atoms with Crippen molar-refractivity contribution in [1.82, 2.24) is 19.6 Å². The molecule has 1 unspecified atom stereocenters. The van der Waals surface area contributed by atoms with Crippen LogP contribution in [-0.2, 0) is 11.2 Å². The smallest absolute Gasteiger partial charge is 0.274 e. The second kappa shape index (κ2) is 11.0. The monoisotopic (exact) mass is 480 g/mol. The van der Waals surface area contributed by atoms with Gasteiger partial charge in [-0.2, -0.15) is 5.10 Å². The molecule has 0 radical (unpaired) electrons. The number of nitrogens with zero attached hydrogens (tertiary/aromatic N) is 4. The molecule has 0 aliphatic carbocycles. The summed E-state index contributed by atoms with van der Waals surface area (Å²) in [5, 5.41) is 7.39. The van der Waals surface area contributed by atoms with Gasteiger partial charge in [-0.1, -0.05) is 41.9 Å². The molecular weight excluding hydrogens is 448 g/mol. The van der Waals surface area contributed by atoms with Crippen LogP contribution in [0, 0.1) is 0 Å². The highest BCUT2D eigenvalue weighted by Crippen LogP contribution is 2.24. The van der Waals surface area contributed by atoms with Gasteiger partial charge in [-0.05, 0) is 49.6 Å². The van der Waals surface area contributed by atoms with Crippen LogP contribution in [0.5, 0.6) is 0 Å². The Bertz CT molecular complexity index is 1160. The zero-order valence-electron chi connectivity index (χ0n) is 19.7. The molecule has 0 amide bonds. The summed E-state index contributed by atoms with van der Waals surface area (Å²) in [6, 6.07) is 15.9. The molecule has 180 valence electrons. The van der Waals surface area contributed by atoms with Gasteiger partial charge in [0.1, 0.15) is 0 Å². The van der Waals surface area contributed by atoms with Gasteiger partial charge in [-0.3, -0.25) is 9.69 Å². The number of hydrogen-bond donors (Lipinski definition) is 0. The Morgan fingerprint density at radius 2 is 1.59 bits per heavy atom. The maximum atomic E-state index is 13.5. The predicted molar refractivity (Wildman–Crippen MR) is 137 cm³/mol. The number of rotatable bonds is 6. The first-order valence-corrected chi connectivity index (χ1v) is 12.8. The van der Waals surface area contributed by atoms with Crippen LogP contribution in [0.1, 0.15) is 36.6 Å². The zero-order valence-corrected chi connectivity index (χ0v) is 20.4. The van der Waals surface area contributed by atoms with Crippen LogP contribution in [0.4, 0.5) is 0 Å². The van der Waals surface area contributed by atoms with Crippen LogP contribution in [-0.4, -0.2) is 72.1 Å². The first-order valence-electron chi connectivity index (χ1n) is 12.4. The van der Waals surface area contributed by atoms with Crippen molar-refractivity contribution in [1.29, 1.82) is 0 Å². The van der Waals surface area contributed by atoms with Gasteiger partial charge in [-0.25, -0.2) is 4.68 Å². The Labute approximate surface area is 206 Å². The third-order valence-electron chi connectivity index (χ3n) is 7.16. The molecule has 0 saturated carbocycles. The van der Waals surface area contributed by atoms with E-state index >= 15 is 0 Å². The zero-order chi connectivity index (χ0) is 23.3. The highest BCUT2D eigenvalue weighted by Gasteiger charge is 2.23. The topological polar surface area (TPSA) is 50.6 Å². The second-order valence-electron chi connectivity index (χ2n) is 9.43. The summed E-state index contributed by atoms with van der Waals surface area (Å²) in [5.74, 6) is 0. The number of benzene rings is 2. The fraction of sp³-hybridized carbons (Fsp3) is 0.481. The average Bonchev–Trinajstić information content (AvgIpc) is 3.12. The van der Waals surface area contributed by atoms with Crippen LogP contribution in [0.25, 0.3) is 10.8 Å². The molecule has 0 bridgehead atoms. The van der Waals surface area contributed by atoms with E-state index in [1.165, 1.54) is 0 Å². The van der Waals surface area contributed by atoms with Crippen molar-refractivity contribution in [2.24, 2.45) is 0 Å². The first kappa shape index (κ1) is 23.5. The Morgan fingerprint density at radius 3 is 2.35 bits per heavy atom. The Balaban J connectivity index is 1.34. The van der Waals surface area contributed by atoms with E-state index in [1.54, 1.807) is 4.68 Å². The minimum atomic E-state index is 0.0298. The summed E-state index contributed by atoms with van der Waals surface area (Å²) >= 11 is 6.08. The maximum absolute atomic E-state index is 13.5. The van der Waals surface area contributed by atoms with E-state index in [0.29, 0.717) is 6.42 Å². The van der Waals surface area contributed by atoms with Gasteiger partial charge in [0.25, 0.3) is 5.56 Å². The SMILES string of the molecule is O=c1c2ccccc2c(Cc2ccc(Cl)cc2)nn1C1CCCN(CCN2CCOCC2)CC1. The number of ether oxygens (including phenoxy) is 1. The Morgan fingerprint density at radius 1 is 0.882 bits per heavy atom. The second-order valence-corrected chi connectivity index (χ2v) is 9.86. The van der Waals surface area contributed by atoms with Crippen molar-refractivity contribution < 1.29 is 4.74 Å². The molecule has 1 atom stereocenters. The first-order chi connectivity index (χ1) is 16.7. The molecule has 3 aromatic rings. The molecule has 0 N–H and O–H groups in total. The number of aromatic nitrogens is 2. The van der Waals surface area contributed by atoms with E-state index in [0.717, 1.165) is 98.8 Å². The van der Waals surface area contributed by atoms with Crippen LogP contribution in [0.15, 0.2) is 53.3 Å². The normalized spacial score (nSPS) is 20.4. The van der Waals surface area contributed by atoms with Gasteiger partial charge < -0.3 is 9.64 Å². The van der Waals surface area contributed by atoms with Gasteiger partial charge in [0.15, 0.2) is 0 Å². The lowest BCUT2D eigenvalue weighted by Crippen LogP contribution is -2.41. The third-order valence-corrected chi connectivity index (χ3v) is 7.41. The number of halogens is 1. The van der Waals surface area contributed by atoms with E-state index in [1.807, 2.05) is 48.5 Å². The molecule has 2 aliphatic heterocycles. The van der Waals surface area contributed by atoms with Crippen molar-refractivity contribution in [3.8, 4) is 0 Å². The molecule has 2 aliphatic rings. The molecule has 2 saturated heterocycles. The van der Waals surface area contributed by atoms with E-state index in [4.69, 9.17) is 21.4 Å². The summed E-state index contributed by atoms with van der Waals surface area (Å²) < 4.78 is 7.26. The number of morpholine rings is 1. The lowest BCUT2D eigenvalue weighted by Gasteiger charge is -2.29. The van der Waals surface area contributed by atoms with Crippen molar-refractivity contribution in [2.45, 2.75) is 31.7 Å². The quantitative estimate of drug-likeness (QED) is 0.533. The van der Waals surface area contributed by atoms with Crippen LogP contribution < -0.4 is 5.56 Å². The van der Waals surface area contributed by atoms with Crippen molar-refractivity contribution in [3.05, 3.63) is 75.2 Å². The lowest BCUT2D eigenvalue weighted by molar-refractivity contribution is 0.0335. The molecule has 5 rings (SSSR count). The molecule has 34 heavy (non-hydrogen) atoms. The minimum absolute atomic E-state index is 0.0298. The van der Waals surface area contributed by atoms with Crippen LogP contribution in [0.3, 0.4) is 0 Å². The van der Waals surface area contributed by atoms with Gasteiger partial charge in [-0.15, -0.1) is 0 Å². The summed E-state index contributed by atoms with van der Waals surface area (Å²) in [6.45, 7) is 8.01. The third kappa shape index (κ3) is 5.52. The van der Waals surface area contributed by atoms with E-state index in [9.17, 15) is 4.79 Å². The molecule has 6 nitrogen and oxygen atoms in total. The van der Waals surface area contributed by atoms with E-state index in [2.05, 4.69) is 9.80 Å². The van der Waals surface area contributed by atoms with Crippen LogP contribution in [0.2, 0.25) is 5.02 Å². The number of hydrogen-bond acceptors (Lipinski definition) is 5. The van der Waals surface area contributed by atoms with Crippen molar-refractivity contribution >= 4 is 22.4 Å². The van der Waals surface area contributed by atoms with E-state index in [-0.39, 0.29) is 11.6 Å². The lowest BCUT2D eigenvalue weighted by atomic mass is 10.0. The summed E-state index contributed by atoms with van der Waals surface area (Å²) in [5.41, 5.74) is 2.12. The molecule has 2 fully saturated rings. The largest absolute Gasteiger partial charge is 0.379 e. The Hall–Kier alpha value is -2.25. The standard InChI is InChI=1S/C27H33ClN4O2/c28-22-9-7-21(8-10-22)20-26-24-5-1-2-6-25(24)27(33)32(29-26)23-4-3-12-30(13-11-23)14-15-31-16-18-34-19-17-31/h1-2,5-10,23H,3-4,11-20H2. The van der Waals surface area contributed by atoms with Gasteiger partial charge in [0, 0.05) is 49.6 Å². The van der Waals surface area contributed by atoms with Crippen molar-refractivity contribution in [3.63, 3.8) is 0 Å². The molecule has 7 heteroatoms. The van der Waals surface area contributed by atoms with Gasteiger partial charge in [0.05, 0.1) is 30.3 Å². The summed E-state index contributed by atoms with van der Waals surface area (Å²) in [6.07, 6.45) is 3.70. The molecule has 2 aromatic carbocycles. The Kier molecular flexibility index (Phi) is 7.60. The van der Waals surface area contributed by atoms with Crippen molar-refractivity contribution in [2.75, 3.05) is 52.5 Å². The molecular formula is C27H33ClN4O2. The maximum Gasteiger partial charge on any atom is 0.274 e. The average molecular weight is 481 g/mol. The number of fused-ring (bicyclic) bond motifs is 1. The van der Waals surface area contributed by atoms with Crippen LogP contribution >= 0.6 is 11.6 Å². The highest BCUT2D eigenvalue weighted by molar-refractivity contribution is 6.30. The van der Waals surface area contributed by atoms with Gasteiger partial charge in [0.2, 0.25) is 0 Å². The molecule has 3 heterocycles. The predicted octanol–water partition coefficient (Wildman–Crippen LogP) is 4.00. The number of likely N-dealkylation sites (tertiary alicyclic amines) is 1. The molecule has 1 aromatic heterocycles. The van der Waals surface area contributed by atoms with E-state index < -0.39 is 0 Å². The van der Waals surface area contributed by atoms with Gasteiger partial charge >= 0.3 is 0 Å². The fourth-order valence-electron chi connectivity index (χ4n) is 5.16. The summed E-state index contributed by atoms with van der Waals surface area (Å²) in [4.78, 5) is 18.5. The fourth-order valence-corrected chi connectivity index (χ4v) is 5.29. The summed E-state index contributed by atoms with van der Waals surface area (Å²) in [7, 11) is 0.